The minimum Gasteiger partial charge on any atom is -0.495 e. The van der Waals surface area contributed by atoms with Gasteiger partial charge >= 0.3 is 0 Å². The molecule has 0 radical (unpaired) electrons. The number of carbonyl (C=O) groups is 2. The molecule has 192 valence electrons. The summed E-state index contributed by atoms with van der Waals surface area (Å²) in [6.07, 6.45) is 1.76. The molecule has 2 amide bonds. The van der Waals surface area contributed by atoms with Crippen LogP contribution in [-0.4, -0.2) is 57.1 Å². The number of sulfonamides is 1. The summed E-state index contributed by atoms with van der Waals surface area (Å²) in [5.74, 6) is -0.443. The van der Waals surface area contributed by atoms with E-state index in [0.29, 0.717) is 5.75 Å². The van der Waals surface area contributed by atoms with Crippen LogP contribution in [0.5, 0.6) is 5.75 Å². The summed E-state index contributed by atoms with van der Waals surface area (Å²) in [7, 11) is -2.39. The Labute approximate surface area is 213 Å². The number of nitrogens with zero attached hydrogens (tertiary/aromatic N) is 2. The lowest BCUT2D eigenvalue weighted by atomic mass is 10.1. The van der Waals surface area contributed by atoms with Gasteiger partial charge in [0.1, 0.15) is 18.3 Å². The number of halogens is 1. The molecule has 2 aromatic carbocycles. The number of ether oxygens (including phenoxy) is 1. The normalized spacial score (nSPS) is 13.0. The molecule has 0 aliphatic carbocycles. The third-order valence-corrected chi connectivity index (χ3v) is 7.14. The maximum absolute atomic E-state index is 13.6. The van der Waals surface area contributed by atoms with Gasteiger partial charge in [-0.05, 0) is 51.0 Å². The Bertz CT molecular complexity index is 1160. The van der Waals surface area contributed by atoms with Crippen molar-refractivity contribution in [1.82, 2.24) is 10.2 Å². The molecule has 0 saturated heterocycles. The third-order valence-electron chi connectivity index (χ3n) is 5.71. The van der Waals surface area contributed by atoms with Crippen molar-refractivity contribution >= 4 is 39.1 Å². The van der Waals surface area contributed by atoms with Crippen molar-refractivity contribution < 1.29 is 22.7 Å². The fraction of sp³-hybridized carbons (Fsp3) is 0.440. The van der Waals surface area contributed by atoms with Gasteiger partial charge in [-0.2, -0.15) is 0 Å². The zero-order valence-electron chi connectivity index (χ0n) is 21.0. The Morgan fingerprint density at radius 3 is 2.37 bits per heavy atom. The van der Waals surface area contributed by atoms with Crippen molar-refractivity contribution in [2.45, 2.75) is 52.7 Å². The van der Waals surface area contributed by atoms with E-state index in [4.69, 9.17) is 16.3 Å². The van der Waals surface area contributed by atoms with Gasteiger partial charge in [0, 0.05) is 12.6 Å². The Morgan fingerprint density at radius 2 is 1.83 bits per heavy atom. The van der Waals surface area contributed by atoms with E-state index in [1.54, 1.807) is 6.92 Å². The van der Waals surface area contributed by atoms with E-state index in [2.05, 4.69) is 5.32 Å². The standard InChI is InChI=1S/C25H34ClN3O5S/c1-7-18(3)27-25(31)19(4)28(15-20-10-8-9-17(2)13-20)24(30)16-29(35(6,32)33)21-11-12-23(34-5)22(26)14-21/h8-14,18-19H,7,15-16H2,1-6H3,(H,27,31)/t18-,19+/m1/s1. The minimum atomic E-state index is -3.85. The van der Waals surface area contributed by atoms with E-state index in [1.807, 2.05) is 45.0 Å². The number of amides is 2. The number of nitrogens with one attached hydrogen (secondary N) is 1. The van der Waals surface area contributed by atoms with Crippen molar-refractivity contribution in [2.24, 2.45) is 0 Å². The molecular weight excluding hydrogens is 490 g/mol. The summed E-state index contributed by atoms with van der Waals surface area (Å²) in [6.45, 7) is 7.07. The van der Waals surface area contributed by atoms with Gasteiger partial charge in [-0.1, -0.05) is 48.4 Å². The monoisotopic (exact) mass is 523 g/mol. The summed E-state index contributed by atoms with van der Waals surface area (Å²) >= 11 is 6.20. The van der Waals surface area contributed by atoms with E-state index in [0.717, 1.165) is 28.1 Å². The fourth-order valence-electron chi connectivity index (χ4n) is 3.48. The summed E-state index contributed by atoms with van der Waals surface area (Å²) < 4.78 is 31.4. The lowest BCUT2D eigenvalue weighted by Gasteiger charge is -2.32. The summed E-state index contributed by atoms with van der Waals surface area (Å²) in [4.78, 5) is 27.9. The van der Waals surface area contributed by atoms with Gasteiger partial charge in [0.2, 0.25) is 21.8 Å². The smallest absolute Gasteiger partial charge is 0.244 e. The van der Waals surface area contributed by atoms with E-state index < -0.39 is 28.5 Å². The summed E-state index contributed by atoms with van der Waals surface area (Å²) in [6, 6.07) is 11.2. The maximum Gasteiger partial charge on any atom is 0.244 e. The molecule has 2 aromatic rings. The quantitative estimate of drug-likeness (QED) is 0.484. The summed E-state index contributed by atoms with van der Waals surface area (Å²) in [5.41, 5.74) is 2.07. The molecule has 0 spiro atoms. The molecule has 0 heterocycles. The zero-order chi connectivity index (χ0) is 26.3. The lowest BCUT2D eigenvalue weighted by molar-refractivity contribution is -0.139. The maximum atomic E-state index is 13.6. The minimum absolute atomic E-state index is 0.0603. The zero-order valence-corrected chi connectivity index (χ0v) is 22.6. The molecule has 10 heteroatoms. The number of methoxy groups -OCH3 is 1. The van der Waals surface area contributed by atoms with Gasteiger partial charge in [-0.25, -0.2) is 8.42 Å². The molecule has 0 aliphatic heterocycles. The first-order chi connectivity index (χ1) is 16.4. The third kappa shape index (κ3) is 7.86. The molecule has 2 rings (SSSR count). The average molecular weight is 524 g/mol. The van der Waals surface area contributed by atoms with Gasteiger partial charge in [-0.15, -0.1) is 0 Å². The molecule has 2 atom stereocenters. The molecular formula is C25H34ClN3O5S. The molecule has 35 heavy (non-hydrogen) atoms. The van der Waals surface area contributed by atoms with Gasteiger partial charge in [0.05, 0.1) is 24.1 Å². The molecule has 1 N–H and O–H groups in total. The van der Waals surface area contributed by atoms with E-state index in [-0.39, 0.29) is 29.2 Å². The Balaban J connectivity index is 2.41. The van der Waals surface area contributed by atoms with Crippen LogP contribution in [0.1, 0.15) is 38.3 Å². The number of benzene rings is 2. The highest BCUT2D eigenvalue weighted by atomic mass is 35.5. The highest BCUT2D eigenvalue weighted by molar-refractivity contribution is 7.92. The van der Waals surface area contributed by atoms with Crippen LogP contribution in [0.3, 0.4) is 0 Å². The van der Waals surface area contributed by atoms with Crippen LogP contribution >= 0.6 is 11.6 Å². The molecule has 0 unspecified atom stereocenters. The first-order valence-corrected chi connectivity index (χ1v) is 13.6. The van der Waals surface area contributed by atoms with Gasteiger partial charge in [0.15, 0.2) is 0 Å². The topological polar surface area (TPSA) is 96.0 Å². The predicted molar refractivity (Wildman–Crippen MR) is 139 cm³/mol. The Kier molecular flexibility index (Phi) is 9.97. The van der Waals surface area contributed by atoms with Crippen LogP contribution in [0.2, 0.25) is 5.02 Å². The van der Waals surface area contributed by atoms with Crippen LogP contribution in [-0.2, 0) is 26.2 Å². The van der Waals surface area contributed by atoms with Gasteiger partial charge in [0.25, 0.3) is 0 Å². The van der Waals surface area contributed by atoms with E-state index >= 15 is 0 Å². The fourth-order valence-corrected chi connectivity index (χ4v) is 4.57. The van der Waals surface area contributed by atoms with Crippen LogP contribution < -0.4 is 14.4 Å². The number of rotatable bonds is 11. The van der Waals surface area contributed by atoms with Crippen LogP contribution in [0, 0.1) is 6.92 Å². The molecule has 0 aromatic heterocycles. The average Bonchev–Trinajstić information content (AvgIpc) is 2.79. The number of hydrogen-bond acceptors (Lipinski definition) is 5. The number of aryl methyl sites for hydroxylation is 1. The lowest BCUT2D eigenvalue weighted by Crippen LogP contribution is -2.52. The van der Waals surface area contributed by atoms with Crippen LogP contribution in [0.4, 0.5) is 5.69 Å². The largest absolute Gasteiger partial charge is 0.495 e. The van der Waals surface area contributed by atoms with Gasteiger partial charge in [-0.3, -0.25) is 13.9 Å². The summed E-state index contributed by atoms with van der Waals surface area (Å²) in [5, 5.41) is 3.11. The SMILES string of the molecule is CC[C@@H](C)NC(=O)[C@H](C)N(Cc1cccc(C)c1)C(=O)CN(c1ccc(OC)c(Cl)c1)S(C)(=O)=O. The van der Waals surface area contributed by atoms with Crippen molar-refractivity contribution in [3.8, 4) is 5.75 Å². The highest BCUT2D eigenvalue weighted by Gasteiger charge is 2.30. The highest BCUT2D eigenvalue weighted by Crippen LogP contribution is 2.30. The number of carbonyl (C=O) groups excluding carboxylic acids is 2. The van der Waals surface area contributed by atoms with Gasteiger partial charge < -0.3 is 15.0 Å². The predicted octanol–water partition coefficient (Wildman–Crippen LogP) is 3.76. The van der Waals surface area contributed by atoms with Crippen LogP contribution in [0.25, 0.3) is 0 Å². The Morgan fingerprint density at radius 1 is 1.14 bits per heavy atom. The molecule has 0 aliphatic rings. The first-order valence-electron chi connectivity index (χ1n) is 11.3. The number of hydrogen-bond donors (Lipinski definition) is 1. The van der Waals surface area contributed by atoms with Crippen LogP contribution in [0.15, 0.2) is 42.5 Å². The van der Waals surface area contributed by atoms with Crippen molar-refractivity contribution in [3.05, 3.63) is 58.6 Å². The van der Waals surface area contributed by atoms with Crippen molar-refractivity contribution in [2.75, 3.05) is 24.2 Å². The first kappa shape index (κ1) is 28.5. The molecule has 8 nitrogen and oxygen atoms in total. The Hall–Kier alpha value is -2.78. The van der Waals surface area contributed by atoms with E-state index in [1.165, 1.54) is 30.2 Å². The van der Waals surface area contributed by atoms with E-state index in [9.17, 15) is 18.0 Å². The second kappa shape index (κ2) is 12.3. The second-order valence-corrected chi connectivity index (χ2v) is 10.9. The second-order valence-electron chi connectivity index (χ2n) is 8.59. The molecule has 0 saturated carbocycles. The molecule has 0 bridgehead atoms. The van der Waals surface area contributed by atoms with Crippen molar-refractivity contribution in [1.29, 1.82) is 0 Å². The molecule has 0 fully saturated rings. The number of anilines is 1. The van der Waals surface area contributed by atoms with Crippen molar-refractivity contribution in [3.63, 3.8) is 0 Å².